The number of benzene rings is 1. The van der Waals surface area contributed by atoms with Crippen LogP contribution in [-0.2, 0) is 21.2 Å². The SMILES string of the molecule is CCC(C)CNC(=O)C1Cc2cc(S(N)(=O)=O)ccc2O1. The Morgan fingerprint density at radius 2 is 2.24 bits per heavy atom. The molecule has 0 bridgehead atoms. The van der Waals surface area contributed by atoms with Crippen molar-refractivity contribution < 1.29 is 17.9 Å². The molecule has 2 unspecified atom stereocenters. The van der Waals surface area contributed by atoms with Crippen LogP contribution < -0.4 is 15.2 Å². The average Bonchev–Trinajstić information content (AvgIpc) is 2.86. The van der Waals surface area contributed by atoms with Crippen LogP contribution in [0, 0.1) is 5.92 Å². The van der Waals surface area contributed by atoms with Gasteiger partial charge in [-0.2, -0.15) is 0 Å². The van der Waals surface area contributed by atoms with E-state index < -0.39 is 16.1 Å². The first kappa shape index (κ1) is 15.8. The smallest absolute Gasteiger partial charge is 0.261 e. The Morgan fingerprint density at radius 3 is 2.86 bits per heavy atom. The number of carbonyl (C=O) groups is 1. The number of sulfonamides is 1. The second-order valence-corrected chi connectivity index (χ2v) is 6.95. The van der Waals surface area contributed by atoms with Crippen LogP contribution in [0.1, 0.15) is 25.8 Å². The Bertz CT molecular complexity index is 642. The van der Waals surface area contributed by atoms with E-state index in [2.05, 4.69) is 19.2 Å². The first-order chi connectivity index (χ1) is 9.81. The summed E-state index contributed by atoms with van der Waals surface area (Å²) in [4.78, 5) is 12.1. The number of hydrogen-bond acceptors (Lipinski definition) is 4. The molecule has 0 spiro atoms. The minimum atomic E-state index is -3.74. The Kier molecular flexibility index (Phi) is 4.53. The van der Waals surface area contributed by atoms with Gasteiger partial charge in [0.2, 0.25) is 10.0 Å². The molecule has 0 aliphatic carbocycles. The van der Waals surface area contributed by atoms with E-state index in [1.165, 1.54) is 18.2 Å². The topological polar surface area (TPSA) is 98.5 Å². The van der Waals surface area contributed by atoms with Crippen molar-refractivity contribution in [3.63, 3.8) is 0 Å². The van der Waals surface area contributed by atoms with Crippen molar-refractivity contribution in [1.82, 2.24) is 5.32 Å². The van der Waals surface area contributed by atoms with Crippen molar-refractivity contribution >= 4 is 15.9 Å². The van der Waals surface area contributed by atoms with Gasteiger partial charge in [0.05, 0.1) is 4.90 Å². The first-order valence-electron chi connectivity index (χ1n) is 6.91. The van der Waals surface area contributed by atoms with Gasteiger partial charge in [0.25, 0.3) is 5.91 Å². The maximum absolute atomic E-state index is 12.0. The normalized spacial score (nSPS) is 18.7. The van der Waals surface area contributed by atoms with Crippen LogP contribution in [0.5, 0.6) is 5.75 Å². The van der Waals surface area contributed by atoms with E-state index in [0.29, 0.717) is 30.2 Å². The molecule has 1 aliphatic rings. The predicted molar refractivity (Wildman–Crippen MR) is 78.4 cm³/mol. The minimum Gasteiger partial charge on any atom is -0.480 e. The van der Waals surface area contributed by atoms with E-state index in [0.717, 1.165) is 6.42 Å². The van der Waals surface area contributed by atoms with Crippen LogP contribution in [-0.4, -0.2) is 27.0 Å². The molecule has 0 saturated heterocycles. The van der Waals surface area contributed by atoms with Gasteiger partial charge in [-0.1, -0.05) is 20.3 Å². The molecule has 0 aromatic heterocycles. The van der Waals surface area contributed by atoms with Crippen molar-refractivity contribution in [3.05, 3.63) is 23.8 Å². The molecule has 0 saturated carbocycles. The average molecular weight is 312 g/mol. The van der Waals surface area contributed by atoms with Gasteiger partial charge in [-0.3, -0.25) is 4.79 Å². The Balaban J connectivity index is 2.04. The molecule has 0 fully saturated rings. The van der Waals surface area contributed by atoms with E-state index >= 15 is 0 Å². The van der Waals surface area contributed by atoms with Crippen molar-refractivity contribution in [3.8, 4) is 5.75 Å². The number of primary sulfonamides is 1. The summed E-state index contributed by atoms with van der Waals surface area (Å²) in [6.07, 6.45) is 0.731. The zero-order chi connectivity index (χ0) is 15.6. The molecule has 2 rings (SSSR count). The van der Waals surface area contributed by atoms with Gasteiger partial charge in [-0.15, -0.1) is 0 Å². The molecule has 1 amide bonds. The highest BCUT2D eigenvalue weighted by atomic mass is 32.2. The maximum Gasteiger partial charge on any atom is 0.261 e. The first-order valence-corrected chi connectivity index (χ1v) is 8.46. The van der Waals surface area contributed by atoms with Gasteiger partial charge in [0.1, 0.15) is 5.75 Å². The highest BCUT2D eigenvalue weighted by molar-refractivity contribution is 7.89. The van der Waals surface area contributed by atoms with Crippen LogP contribution in [0.15, 0.2) is 23.1 Å². The molecular weight excluding hydrogens is 292 g/mol. The molecule has 1 aromatic carbocycles. The number of nitrogens with two attached hydrogens (primary N) is 1. The highest BCUT2D eigenvalue weighted by Crippen LogP contribution is 2.30. The van der Waals surface area contributed by atoms with Crippen molar-refractivity contribution in [2.45, 2.75) is 37.7 Å². The largest absolute Gasteiger partial charge is 0.480 e. The molecule has 7 heteroatoms. The summed E-state index contributed by atoms with van der Waals surface area (Å²) in [5, 5.41) is 7.94. The second-order valence-electron chi connectivity index (χ2n) is 5.38. The lowest BCUT2D eigenvalue weighted by Gasteiger charge is -2.14. The highest BCUT2D eigenvalue weighted by Gasteiger charge is 2.30. The van der Waals surface area contributed by atoms with E-state index in [4.69, 9.17) is 9.88 Å². The number of fused-ring (bicyclic) bond motifs is 1. The molecular formula is C14H20N2O4S. The van der Waals surface area contributed by atoms with Crippen molar-refractivity contribution in [1.29, 1.82) is 0 Å². The third-order valence-corrected chi connectivity index (χ3v) is 4.56. The molecule has 6 nitrogen and oxygen atoms in total. The Hall–Kier alpha value is -1.60. The summed E-state index contributed by atoms with van der Waals surface area (Å²) in [6, 6.07) is 4.39. The Morgan fingerprint density at radius 1 is 1.52 bits per heavy atom. The monoisotopic (exact) mass is 312 g/mol. The summed E-state index contributed by atoms with van der Waals surface area (Å²) in [5.74, 6) is 0.765. The zero-order valence-electron chi connectivity index (χ0n) is 12.1. The summed E-state index contributed by atoms with van der Waals surface area (Å²) >= 11 is 0. The second kappa shape index (κ2) is 6.03. The lowest BCUT2D eigenvalue weighted by molar-refractivity contribution is -0.127. The molecule has 0 radical (unpaired) electrons. The van der Waals surface area contributed by atoms with E-state index in [9.17, 15) is 13.2 Å². The number of rotatable bonds is 5. The van der Waals surface area contributed by atoms with Gasteiger partial charge in [-0.25, -0.2) is 13.6 Å². The lowest BCUT2D eigenvalue weighted by Crippen LogP contribution is -2.39. The van der Waals surface area contributed by atoms with E-state index in [1.54, 1.807) is 0 Å². The van der Waals surface area contributed by atoms with Crippen LogP contribution in [0.3, 0.4) is 0 Å². The van der Waals surface area contributed by atoms with Gasteiger partial charge < -0.3 is 10.1 Å². The molecule has 1 heterocycles. The van der Waals surface area contributed by atoms with Crippen LogP contribution >= 0.6 is 0 Å². The summed E-state index contributed by atoms with van der Waals surface area (Å²) < 4.78 is 28.2. The van der Waals surface area contributed by atoms with E-state index in [-0.39, 0.29) is 10.8 Å². The maximum atomic E-state index is 12.0. The predicted octanol–water partition coefficient (Wildman–Crippen LogP) is 0.800. The van der Waals surface area contributed by atoms with Crippen LogP contribution in [0.4, 0.5) is 0 Å². The van der Waals surface area contributed by atoms with Gasteiger partial charge in [0, 0.05) is 13.0 Å². The van der Waals surface area contributed by atoms with Gasteiger partial charge in [-0.05, 0) is 29.7 Å². The number of ether oxygens (including phenoxy) is 1. The zero-order valence-corrected chi connectivity index (χ0v) is 12.9. The fourth-order valence-electron chi connectivity index (χ4n) is 2.08. The molecule has 21 heavy (non-hydrogen) atoms. The molecule has 2 atom stereocenters. The summed E-state index contributed by atoms with van der Waals surface area (Å²) in [5.41, 5.74) is 0.685. The van der Waals surface area contributed by atoms with Gasteiger partial charge >= 0.3 is 0 Å². The third-order valence-electron chi connectivity index (χ3n) is 3.65. The van der Waals surface area contributed by atoms with Gasteiger partial charge in [0.15, 0.2) is 6.10 Å². The number of nitrogens with one attached hydrogen (secondary N) is 1. The minimum absolute atomic E-state index is 0.0329. The molecule has 3 N–H and O–H groups in total. The lowest BCUT2D eigenvalue weighted by atomic mass is 10.1. The van der Waals surface area contributed by atoms with E-state index in [1.807, 2.05) is 0 Å². The van der Waals surface area contributed by atoms with Crippen molar-refractivity contribution in [2.24, 2.45) is 11.1 Å². The fourth-order valence-corrected chi connectivity index (χ4v) is 2.65. The standard InChI is InChI=1S/C14H20N2O4S/c1-3-9(2)8-16-14(17)13-7-10-6-11(21(15,18)19)4-5-12(10)20-13/h4-6,9,13H,3,7-8H2,1-2H3,(H,16,17)(H2,15,18,19). The molecule has 1 aromatic rings. The molecule has 116 valence electrons. The summed E-state index contributed by atoms with van der Waals surface area (Å²) in [7, 11) is -3.74. The van der Waals surface area contributed by atoms with Crippen LogP contribution in [0.2, 0.25) is 0 Å². The Labute approximate surface area is 124 Å². The van der Waals surface area contributed by atoms with Crippen molar-refractivity contribution in [2.75, 3.05) is 6.54 Å². The molecule has 1 aliphatic heterocycles. The number of carbonyl (C=O) groups excluding carboxylic acids is 1. The quantitative estimate of drug-likeness (QED) is 0.840. The van der Waals surface area contributed by atoms with Crippen LogP contribution in [0.25, 0.3) is 0 Å². The number of hydrogen-bond donors (Lipinski definition) is 2. The number of amides is 1. The summed E-state index contributed by atoms with van der Waals surface area (Å²) in [6.45, 7) is 4.73. The third kappa shape index (κ3) is 3.74. The fraction of sp³-hybridized carbons (Fsp3) is 0.500.